The second-order valence-corrected chi connectivity index (χ2v) is 6.48. The van der Waals surface area contributed by atoms with Crippen molar-refractivity contribution in [2.75, 3.05) is 11.1 Å². The van der Waals surface area contributed by atoms with Crippen LogP contribution in [0.1, 0.15) is 51.0 Å². The second-order valence-electron chi connectivity index (χ2n) is 5.71. The van der Waals surface area contributed by atoms with Crippen LogP contribution in [0.15, 0.2) is 0 Å². The van der Waals surface area contributed by atoms with Crippen LogP contribution in [-0.4, -0.2) is 9.91 Å². The van der Waals surface area contributed by atoms with Crippen molar-refractivity contribution in [3.05, 3.63) is 5.56 Å². The predicted octanol–water partition coefficient (Wildman–Crippen LogP) is 3.20. The van der Waals surface area contributed by atoms with Crippen LogP contribution < -0.4 is 11.1 Å². The summed E-state index contributed by atoms with van der Waals surface area (Å²) >= 11 is 1.53. The van der Waals surface area contributed by atoms with E-state index >= 15 is 0 Å². The summed E-state index contributed by atoms with van der Waals surface area (Å²) in [6.07, 6.45) is 5.27. The van der Waals surface area contributed by atoms with Gasteiger partial charge >= 0.3 is 0 Å². The molecule has 2 saturated carbocycles. The topological polar surface area (TPSA) is 50.9 Å². The van der Waals surface area contributed by atoms with Crippen molar-refractivity contribution in [2.24, 2.45) is 5.92 Å². The van der Waals surface area contributed by atoms with Gasteiger partial charge in [-0.25, -0.2) is 0 Å². The molecule has 0 unspecified atom stereocenters. The first-order chi connectivity index (χ1) is 7.58. The van der Waals surface area contributed by atoms with Crippen molar-refractivity contribution in [1.82, 2.24) is 4.37 Å². The Balaban J connectivity index is 1.83. The summed E-state index contributed by atoms with van der Waals surface area (Å²) in [4.78, 5) is 0. The molecule has 0 saturated heterocycles. The lowest BCUT2D eigenvalue weighted by atomic mass is 9.98. The third-order valence-corrected chi connectivity index (χ3v) is 4.57. The third kappa shape index (κ3) is 1.79. The van der Waals surface area contributed by atoms with Crippen LogP contribution in [0.3, 0.4) is 0 Å². The second kappa shape index (κ2) is 3.36. The van der Waals surface area contributed by atoms with E-state index < -0.39 is 0 Å². The minimum Gasteiger partial charge on any atom is -0.383 e. The fraction of sp³-hybridized carbons (Fsp3) is 0.750. The highest BCUT2D eigenvalue weighted by Gasteiger charge is 2.39. The standard InChI is InChI=1S/C12H19N3S/c1-12(2,8-5-6-8)14-11-9(7-3-4-7)10(13)15-16-11/h7-8,14H,3-6H2,1-2H3,(H2,13,15). The van der Waals surface area contributed by atoms with Crippen molar-refractivity contribution in [1.29, 1.82) is 0 Å². The van der Waals surface area contributed by atoms with E-state index in [4.69, 9.17) is 5.73 Å². The highest BCUT2D eigenvalue weighted by Crippen LogP contribution is 2.49. The number of hydrogen-bond donors (Lipinski definition) is 2. The largest absolute Gasteiger partial charge is 0.383 e. The molecule has 3 N–H and O–H groups in total. The molecule has 0 atom stereocenters. The fourth-order valence-electron chi connectivity index (χ4n) is 2.37. The molecule has 2 aliphatic rings. The van der Waals surface area contributed by atoms with Crippen LogP contribution in [0.2, 0.25) is 0 Å². The number of nitrogens with one attached hydrogen (secondary N) is 1. The van der Waals surface area contributed by atoms with E-state index in [-0.39, 0.29) is 5.54 Å². The van der Waals surface area contributed by atoms with Crippen LogP contribution in [0.25, 0.3) is 0 Å². The Bertz CT molecular complexity index is 402. The molecule has 2 aliphatic carbocycles. The van der Waals surface area contributed by atoms with E-state index in [9.17, 15) is 0 Å². The van der Waals surface area contributed by atoms with Gasteiger partial charge in [-0.2, -0.15) is 4.37 Å². The Hall–Kier alpha value is -0.770. The van der Waals surface area contributed by atoms with Crippen LogP contribution in [-0.2, 0) is 0 Å². The van der Waals surface area contributed by atoms with Gasteiger partial charge in [0, 0.05) is 11.1 Å². The molecule has 0 radical (unpaired) electrons. The van der Waals surface area contributed by atoms with Gasteiger partial charge < -0.3 is 11.1 Å². The van der Waals surface area contributed by atoms with Crippen LogP contribution >= 0.6 is 11.5 Å². The third-order valence-electron chi connectivity index (χ3n) is 3.78. The average molecular weight is 237 g/mol. The van der Waals surface area contributed by atoms with Crippen LogP contribution in [0.5, 0.6) is 0 Å². The van der Waals surface area contributed by atoms with Gasteiger partial charge in [-0.05, 0) is 62.9 Å². The number of nitrogens with zero attached hydrogens (tertiary/aromatic N) is 1. The predicted molar refractivity (Wildman–Crippen MR) is 68.9 cm³/mol. The molecular weight excluding hydrogens is 218 g/mol. The summed E-state index contributed by atoms with van der Waals surface area (Å²) in [5.41, 5.74) is 7.44. The van der Waals surface area contributed by atoms with E-state index in [0.717, 1.165) is 11.7 Å². The molecule has 2 fully saturated rings. The monoisotopic (exact) mass is 237 g/mol. The van der Waals surface area contributed by atoms with E-state index in [1.807, 2.05) is 0 Å². The van der Waals surface area contributed by atoms with Gasteiger partial charge in [0.05, 0.1) is 0 Å². The molecule has 88 valence electrons. The number of aromatic nitrogens is 1. The summed E-state index contributed by atoms with van der Waals surface area (Å²) < 4.78 is 4.30. The van der Waals surface area contributed by atoms with Crippen molar-refractivity contribution in [2.45, 2.75) is 51.0 Å². The molecule has 1 heterocycles. The van der Waals surface area contributed by atoms with Gasteiger partial charge in [0.15, 0.2) is 0 Å². The van der Waals surface area contributed by atoms with Gasteiger partial charge in [-0.1, -0.05) is 0 Å². The molecular formula is C12H19N3S. The van der Waals surface area contributed by atoms with E-state index in [0.29, 0.717) is 5.92 Å². The molecule has 0 spiro atoms. The van der Waals surface area contributed by atoms with Gasteiger partial charge in [0.2, 0.25) is 0 Å². The number of rotatable bonds is 4. The van der Waals surface area contributed by atoms with Gasteiger partial charge in [0.1, 0.15) is 10.8 Å². The maximum absolute atomic E-state index is 5.95. The van der Waals surface area contributed by atoms with Crippen molar-refractivity contribution in [3.8, 4) is 0 Å². The summed E-state index contributed by atoms with van der Waals surface area (Å²) in [6, 6.07) is 0. The molecule has 16 heavy (non-hydrogen) atoms. The number of anilines is 2. The molecule has 0 aliphatic heterocycles. The van der Waals surface area contributed by atoms with Crippen LogP contribution in [0.4, 0.5) is 10.8 Å². The Morgan fingerprint density at radius 3 is 2.56 bits per heavy atom. The summed E-state index contributed by atoms with van der Waals surface area (Å²) in [5.74, 6) is 2.25. The molecule has 4 heteroatoms. The van der Waals surface area contributed by atoms with Crippen molar-refractivity contribution >= 4 is 22.4 Å². The van der Waals surface area contributed by atoms with Gasteiger partial charge in [-0.15, -0.1) is 0 Å². The average Bonchev–Trinajstić information content (AvgIpc) is 3.08. The van der Waals surface area contributed by atoms with Gasteiger partial charge in [-0.3, -0.25) is 0 Å². The zero-order valence-corrected chi connectivity index (χ0v) is 10.7. The molecule has 0 bridgehead atoms. The smallest absolute Gasteiger partial charge is 0.142 e. The zero-order chi connectivity index (χ0) is 11.3. The number of hydrogen-bond acceptors (Lipinski definition) is 4. The van der Waals surface area contributed by atoms with E-state index in [2.05, 4.69) is 23.5 Å². The number of nitrogens with two attached hydrogens (primary N) is 1. The molecule has 3 rings (SSSR count). The highest BCUT2D eigenvalue weighted by molar-refractivity contribution is 7.10. The maximum atomic E-state index is 5.95. The lowest BCUT2D eigenvalue weighted by Gasteiger charge is -2.27. The highest BCUT2D eigenvalue weighted by atomic mass is 32.1. The minimum absolute atomic E-state index is 0.197. The maximum Gasteiger partial charge on any atom is 0.142 e. The first-order valence-electron chi connectivity index (χ1n) is 6.11. The summed E-state index contributed by atoms with van der Waals surface area (Å²) in [6.45, 7) is 4.58. The SMILES string of the molecule is CC(C)(Nc1snc(N)c1C1CC1)C1CC1. The molecule has 0 aromatic carbocycles. The molecule has 1 aromatic rings. The van der Waals surface area contributed by atoms with Crippen molar-refractivity contribution in [3.63, 3.8) is 0 Å². The molecule has 3 nitrogen and oxygen atoms in total. The molecule has 1 aromatic heterocycles. The van der Waals surface area contributed by atoms with Crippen LogP contribution in [0, 0.1) is 5.92 Å². The van der Waals surface area contributed by atoms with E-state index in [1.165, 1.54) is 47.8 Å². The van der Waals surface area contributed by atoms with Gasteiger partial charge in [0.25, 0.3) is 0 Å². The first-order valence-corrected chi connectivity index (χ1v) is 6.88. The Kier molecular flexibility index (Phi) is 2.18. The zero-order valence-electron chi connectivity index (χ0n) is 9.92. The number of nitrogen functional groups attached to an aromatic ring is 1. The minimum atomic E-state index is 0.197. The van der Waals surface area contributed by atoms with E-state index in [1.54, 1.807) is 0 Å². The van der Waals surface area contributed by atoms with Crippen molar-refractivity contribution < 1.29 is 0 Å². The fourth-order valence-corrected chi connectivity index (χ4v) is 3.33. The quantitative estimate of drug-likeness (QED) is 0.845. The first kappa shape index (κ1) is 10.4. The Morgan fingerprint density at radius 2 is 2.00 bits per heavy atom. The normalized spacial score (nSPS) is 21.1. The summed E-state index contributed by atoms with van der Waals surface area (Å²) in [7, 11) is 0. The Morgan fingerprint density at radius 1 is 1.31 bits per heavy atom. The summed E-state index contributed by atoms with van der Waals surface area (Å²) in [5, 5.41) is 4.89. The lowest BCUT2D eigenvalue weighted by Crippen LogP contribution is -2.33. The molecule has 0 amide bonds. The Labute approximate surface area is 101 Å². The lowest BCUT2D eigenvalue weighted by molar-refractivity contribution is 0.495.